The lowest BCUT2D eigenvalue weighted by Crippen LogP contribution is -2.25. The summed E-state index contributed by atoms with van der Waals surface area (Å²) in [6.45, 7) is 1.68. The zero-order valence-corrected chi connectivity index (χ0v) is 9.40. The molecule has 0 aliphatic rings. The molecule has 0 saturated carbocycles. The largest absolute Gasteiger partial charge is 0.391 e. The summed E-state index contributed by atoms with van der Waals surface area (Å²) in [6.07, 6.45) is -0.559. The third-order valence-electron chi connectivity index (χ3n) is 2.22. The summed E-state index contributed by atoms with van der Waals surface area (Å²) in [6, 6.07) is 0.670. The van der Waals surface area contributed by atoms with E-state index >= 15 is 0 Å². The SMILES string of the molecule is CC[C@H](O)[C@H](N)c1cc(F)c(F)c(F)c1.Cl. The molecule has 0 spiro atoms. The molecule has 0 bridgehead atoms. The van der Waals surface area contributed by atoms with Gasteiger partial charge in [0.25, 0.3) is 0 Å². The maximum Gasteiger partial charge on any atom is 0.194 e. The topological polar surface area (TPSA) is 46.2 Å². The fraction of sp³-hybridized carbons (Fsp3) is 0.400. The maximum absolute atomic E-state index is 12.8. The van der Waals surface area contributed by atoms with Crippen LogP contribution >= 0.6 is 12.4 Å². The van der Waals surface area contributed by atoms with Crippen molar-refractivity contribution in [2.24, 2.45) is 5.73 Å². The van der Waals surface area contributed by atoms with E-state index in [-0.39, 0.29) is 18.0 Å². The lowest BCUT2D eigenvalue weighted by atomic mass is 10.0. The Morgan fingerprint density at radius 2 is 1.69 bits per heavy atom. The number of aliphatic hydroxyl groups is 1. The van der Waals surface area contributed by atoms with Crippen LogP contribution in [0.5, 0.6) is 0 Å². The molecule has 0 saturated heterocycles. The first-order valence-corrected chi connectivity index (χ1v) is 4.55. The van der Waals surface area contributed by atoms with Crippen LogP contribution in [0.4, 0.5) is 13.2 Å². The minimum atomic E-state index is -1.53. The van der Waals surface area contributed by atoms with Crippen molar-refractivity contribution in [1.82, 2.24) is 0 Å². The van der Waals surface area contributed by atoms with Crippen molar-refractivity contribution in [2.45, 2.75) is 25.5 Å². The predicted octanol–water partition coefficient (Wildman–Crippen LogP) is 2.30. The summed E-state index contributed by atoms with van der Waals surface area (Å²) in [5, 5.41) is 9.37. The van der Waals surface area contributed by atoms with Crippen LogP contribution in [-0.4, -0.2) is 11.2 Å². The van der Waals surface area contributed by atoms with Crippen molar-refractivity contribution in [2.75, 3.05) is 0 Å². The van der Waals surface area contributed by atoms with Gasteiger partial charge in [0.1, 0.15) is 0 Å². The average molecular weight is 256 g/mol. The predicted molar refractivity (Wildman–Crippen MR) is 56.8 cm³/mol. The van der Waals surface area contributed by atoms with Crippen LogP contribution in [0.15, 0.2) is 12.1 Å². The van der Waals surface area contributed by atoms with Gasteiger partial charge >= 0.3 is 0 Å². The smallest absolute Gasteiger partial charge is 0.194 e. The van der Waals surface area contributed by atoms with Crippen LogP contribution in [0.1, 0.15) is 24.9 Å². The van der Waals surface area contributed by atoms with Gasteiger partial charge in [-0.25, -0.2) is 13.2 Å². The zero-order chi connectivity index (χ0) is 11.6. The molecule has 2 nitrogen and oxygen atoms in total. The van der Waals surface area contributed by atoms with Gasteiger partial charge in [-0.3, -0.25) is 0 Å². The zero-order valence-electron chi connectivity index (χ0n) is 8.58. The van der Waals surface area contributed by atoms with Gasteiger partial charge in [0, 0.05) is 0 Å². The normalized spacial score (nSPS) is 14.1. The number of halogens is 4. The molecular formula is C10H13ClF3NO. The molecule has 0 aliphatic heterocycles. The summed E-state index contributed by atoms with van der Waals surface area (Å²) in [7, 11) is 0. The second-order valence-electron chi connectivity index (χ2n) is 3.30. The van der Waals surface area contributed by atoms with E-state index in [9.17, 15) is 18.3 Å². The van der Waals surface area contributed by atoms with Crippen molar-refractivity contribution in [3.05, 3.63) is 35.1 Å². The molecule has 3 N–H and O–H groups in total. The first kappa shape index (κ1) is 15.2. The van der Waals surface area contributed by atoms with Crippen LogP contribution in [0.2, 0.25) is 0 Å². The molecule has 6 heteroatoms. The molecular weight excluding hydrogens is 243 g/mol. The fourth-order valence-electron chi connectivity index (χ4n) is 1.24. The van der Waals surface area contributed by atoms with Gasteiger partial charge in [0.2, 0.25) is 0 Å². The van der Waals surface area contributed by atoms with Crippen molar-refractivity contribution >= 4 is 12.4 Å². The highest BCUT2D eigenvalue weighted by Crippen LogP contribution is 2.21. The highest BCUT2D eigenvalue weighted by Gasteiger charge is 2.19. The molecule has 1 aromatic carbocycles. The van der Waals surface area contributed by atoms with E-state index in [4.69, 9.17) is 5.73 Å². The number of nitrogens with two attached hydrogens (primary N) is 1. The average Bonchev–Trinajstić information content (AvgIpc) is 2.23. The van der Waals surface area contributed by atoms with Gasteiger partial charge < -0.3 is 10.8 Å². The second-order valence-corrected chi connectivity index (χ2v) is 3.30. The van der Waals surface area contributed by atoms with Gasteiger partial charge in [-0.15, -0.1) is 12.4 Å². The van der Waals surface area contributed by atoms with E-state index in [1.54, 1.807) is 6.92 Å². The van der Waals surface area contributed by atoms with Crippen LogP contribution in [0, 0.1) is 17.5 Å². The molecule has 0 unspecified atom stereocenters. The molecule has 0 amide bonds. The quantitative estimate of drug-likeness (QED) is 0.814. The van der Waals surface area contributed by atoms with E-state index < -0.39 is 29.6 Å². The van der Waals surface area contributed by atoms with Crippen molar-refractivity contribution < 1.29 is 18.3 Å². The van der Waals surface area contributed by atoms with Gasteiger partial charge in [-0.1, -0.05) is 6.92 Å². The molecule has 0 heterocycles. The molecule has 16 heavy (non-hydrogen) atoms. The third-order valence-corrected chi connectivity index (χ3v) is 2.22. The Balaban J connectivity index is 0.00000225. The maximum atomic E-state index is 12.8. The summed E-state index contributed by atoms with van der Waals surface area (Å²) >= 11 is 0. The molecule has 2 atom stereocenters. The van der Waals surface area contributed by atoms with Gasteiger partial charge in [0.15, 0.2) is 17.5 Å². The number of aliphatic hydroxyl groups excluding tert-OH is 1. The molecule has 0 aliphatic carbocycles. The number of hydrogen-bond acceptors (Lipinski definition) is 2. The Kier molecular flexibility index (Phi) is 5.78. The Morgan fingerprint density at radius 3 is 2.06 bits per heavy atom. The van der Waals surface area contributed by atoms with Crippen LogP contribution in [0.3, 0.4) is 0 Å². The molecule has 0 radical (unpaired) electrons. The van der Waals surface area contributed by atoms with Gasteiger partial charge in [-0.05, 0) is 24.1 Å². The minimum absolute atomic E-state index is 0. The van der Waals surface area contributed by atoms with E-state index in [1.807, 2.05) is 0 Å². The summed E-state index contributed by atoms with van der Waals surface area (Å²) < 4.78 is 38.2. The summed E-state index contributed by atoms with van der Waals surface area (Å²) in [5.74, 6) is -4.13. The monoisotopic (exact) mass is 255 g/mol. The highest BCUT2D eigenvalue weighted by molar-refractivity contribution is 5.85. The third kappa shape index (κ3) is 3.10. The molecule has 1 rings (SSSR count). The van der Waals surface area contributed by atoms with Gasteiger partial charge in [-0.2, -0.15) is 0 Å². The Bertz CT molecular complexity index is 339. The Labute approximate surface area is 97.7 Å². The standard InChI is InChI=1S/C10H12F3NO.ClH/c1-2-8(15)10(14)5-3-6(11)9(13)7(12)4-5;/h3-4,8,10,15H,2,14H2,1H3;1H/t8-,10+;/m0./s1. The Morgan fingerprint density at radius 1 is 1.25 bits per heavy atom. The van der Waals surface area contributed by atoms with Crippen LogP contribution in [0.25, 0.3) is 0 Å². The lowest BCUT2D eigenvalue weighted by molar-refractivity contribution is 0.140. The number of hydrogen-bond donors (Lipinski definition) is 2. The molecule has 92 valence electrons. The van der Waals surface area contributed by atoms with Crippen molar-refractivity contribution in [3.8, 4) is 0 Å². The molecule has 1 aromatic rings. The lowest BCUT2D eigenvalue weighted by Gasteiger charge is -2.17. The van der Waals surface area contributed by atoms with E-state index in [0.717, 1.165) is 12.1 Å². The van der Waals surface area contributed by atoms with E-state index in [1.165, 1.54) is 0 Å². The first-order chi connectivity index (χ1) is 6.97. The Hall–Kier alpha value is -0.780. The summed E-state index contributed by atoms with van der Waals surface area (Å²) in [4.78, 5) is 0. The summed E-state index contributed by atoms with van der Waals surface area (Å²) in [5.41, 5.74) is 5.57. The number of rotatable bonds is 3. The number of benzene rings is 1. The minimum Gasteiger partial charge on any atom is -0.391 e. The fourth-order valence-corrected chi connectivity index (χ4v) is 1.24. The van der Waals surface area contributed by atoms with Crippen molar-refractivity contribution in [1.29, 1.82) is 0 Å². The highest BCUT2D eigenvalue weighted by atomic mass is 35.5. The van der Waals surface area contributed by atoms with E-state index in [0.29, 0.717) is 6.42 Å². The van der Waals surface area contributed by atoms with Gasteiger partial charge in [0.05, 0.1) is 12.1 Å². The van der Waals surface area contributed by atoms with Crippen LogP contribution < -0.4 is 5.73 Å². The van der Waals surface area contributed by atoms with Crippen LogP contribution in [-0.2, 0) is 0 Å². The second kappa shape index (κ2) is 6.08. The first-order valence-electron chi connectivity index (χ1n) is 4.55. The molecule has 0 aromatic heterocycles. The van der Waals surface area contributed by atoms with Crippen molar-refractivity contribution in [3.63, 3.8) is 0 Å². The van der Waals surface area contributed by atoms with E-state index in [2.05, 4.69) is 0 Å². The molecule has 0 fully saturated rings.